The summed E-state index contributed by atoms with van der Waals surface area (Å²) < 4.78 is 0. The van der Waals surface area contributed by atoms with Gasteiger partial charge in [0.1, 0.15) is 0 Å². The van der Waals surface area contributed by atoms with E-state index in [0.29, 0.717) is 0 Å². The van der Waals surface area contributed by atoms with E-state index in [9.17, 15) is 0 Å². The normalized spacial score (nSPS) is 13.8. The molecule has 0 bridgehead atoms. The van der Waals surface area contributed by atoms with E-state index in [-0.39, 0.29) is 6.04 Å². The van der Waals surface area contributed by atoms with Crippen LogP contribution in [0.3, 0.4) is 0 Å². The van der Waals surface area contributed by atoms with Gasteiger partial charge in [-0.05, 0) is 6.92 Å². The number of nitrogens with zero attached hydrogens (tertiary/aromatic N) is 1. The lowest BCUT2D eigenvalue weighted by atomic mass is 10.3. The topological polar surface area (TPSA) is 38.9 Å². The summed E-state index contributed by atoms with van der Waals surface area (Å²) >= 11 is 1.59. The van der Waals surface area contributed by atoms with Gasteiger partial charge in [-0.2, -0.15) is 0 Å². The molecule has 0 aliphatic carbocycles. The van der Waals surface area contributed by atoms with Crippen LogP contribution in [-0.2, 0) is 0 Å². The van der Waals surface area contributed by atoms with Gasteiger partial charge in [0.05, 0.1) is 5.51 Å². The molecule has 2 nitrogen and oxygen atoms in total. The zero-order valence-electron chi connectivity index (χ0n) is 4.66. The first-order valence-electron chi connectivity index (χ1n) is 2.44. The Bertz CT molecular complexity index is 145. The molecule has 0 aliphatic rings. The van der Waals surface area contributed by atoms with Gasteiger partial charge in [0, 0.05) is 17.1 Å². The van der Waals surface area contributed by atoms with E-state index in [0.717, 1.165) is 4.88 Å². The van der Waals surface area contributed by atoms with Gasteiger partial charge in [0.2, 0.25) is 0 Å². The molecular formula is C5H8N2S. The Hall–Kier alpha value is -0.410. The summed E-state index contributed by atoms with van der Waals surface area (Å²) in [6, 6.07) is 0.141. The first-order chi connectivity index (χ1) is 3.80. The highest BCUT2D eigenvalue weighted by molar-refractivity contribution is 7.09. The standard InChI is InChI=1S/C5H8N2S/c1-4(6)5-2-7-3-8-5/h2-4H,6H2,1H3/t4-/m1/s1. The van der Waals surface area contributed by atoms with E-state index < -0.39 is 0 Å². The van der Waals surface area contributed by atoms with Crippen LogP contribution in [-0.4, -0.2) is 4.98 Å². The van der Waals surface area contributed by atoms with Crippen molar-refractivity contribution in [2.24, 2.45) is 5.73 Å². The number of aromatic nitrogens is 1. The molecule has 8 heavy (non-hydrogen) atoms. The second-order valence-electron chi connectivity index (χ2n) is 1.69. The fourth-order valence-corrected chi connectivity index (χ4v) is 1.03. The quantitative estimate of drug-likeness (QED) is 0.616. The summed E-state index contributed by atoms with van der Waals surface area (Å²) in [6.45, 7) is 1.95. The van der Waals surface area contributed by atoms with Crippen LogP contribution in [0, 0.1) is 0 Å². The highest BCUT2D eigenvalue weighted by atomic mass is 32.1. The van der Waals surface area contributed by atoms with Crippen LogP contribution in [0.15, 0.2) is 11.7 Å². The first kappa shape index (κ1) is 5.72. The zero-order valence-corrected chi connectivity index (χ0v) is 5.48. The fraction of sp³-hybridized carbons (Fsp3) is 0.400. The third-order valence-corrected chi connectivity index (χ3v) is 1.88. The summed E-state index contributed by atoms with van der Waals surface area (Å²) in [5, 5.41) is 0. The smallest absolute Gasteiger partial charge is 0.0794 e. The minimum absolute atomic E-state index is 0.141. The molecule has 1 aromatic rings. The second kappa shape index (κ2) is 2.24. The van der Waals surface area contributed by atoms with Gasteiger partial charge in [-0.1, -0.05) is 0 Å². The number of thiazole rings is 1. The maximum absolute atomic E-state index is 5.53. The SMILES string of the molecule is C[C@@H](N)c1cncs1. The molecule has 0 fully saturated rings. The molecule has 0 unspecified atom stereocenters. The molecule has 0 aliphatic heterocycles. The Morgan fingerprint density at radius 3 is 2.88 bits per heavy atom. The Kier molecular flexibility index (Phi) is 1.60. The molecule has 1 aromatic heterocycles. The number of hydrogen-bond donors (Lipinski definition) is 1. The van der Waals surface area contributed by atoms with Crippen molar-refractivity contribution in [2.45, 2.75) is 13.0 Å². The van der Waals surface area contributed by atoms with Crippen molar-refractivity contribution in [1.29, 1.82) is 0 Å². The predicted octanol–water partition coefficient (Wildman–Crippen LogP) is 1.16. The number of nitrogens with two attached hydrogens (primary N) is 1. The maximum atomic E-state index is 5.53. The largest absolute Gasteiger partial charge is 0.323 e. The van der Waals surface area contributed by atoms with Crippen LogP contribution >= 0.6 is 11.3 Å². The third-order valence-electron chi connectivity index (χ3n) is 0.900. The lowest BCUT2D eigenvalue weighted by Crippen LogP contribution is -2.01. The Labute approximate surface area is 52.4 Å². The number of hydrogen-bond acceptors (Lipinski definition) is 3. The Balaban J connectivity index is 2.77. The molecule has 1 heterocycles. The van der Waals surface area contributed by atoms with Gasteiger partial charge in [-0.15, -0.1) is 11.3 Å². The highest BCUT2D eigenvalue weighted by Crippen LogP contribution is 2.12. The van der Waals surface area contributed by atoms with Crippen molar-refractivity contribution in [3.8, 4) is 0 Å². The summed E-state index contributed by atoms with van der Waals surface area (Å²) in [7, 11) is 0. The van der Waals surface area contributed by atoms with Crippen molar-refractivity contribution in [3.63, 3.8) is 0 Å². The van der Waals surface area contributed by atoms with Gasteiger partial charge >= 0.3 is 0 Å². The molecule has 44 valence electrons. The summed E-state index contributed by atoms with van der Waals surface area (Å²) in [6.07, 6.45) is 1.80. The van der Waals surface area contributed by atoms with E-state index >= 15 is 0 Å². The predicted molar refractivity (Wildman–Crippen MR) is 34.7 cm³/mol. The fourth-order valence-electron chi connectivity index (χ4n) is 0.451. The molecule has 0 amide bonds. The van der Waals surface area contributed by atoms with Crippen LogP contribution in [0.25, 0.3) is 0 Å². The molecule has 3 heteroatoms. The lowest BCUT2D eigenvalue weighted by molar-refractivity contribution is 0.835. The monoisotopic (exact) mass is 128 g/mol. The third kappa shape index (κ3) is 1.05. The second-order valence-corrected chi connectivity index (χ2v) is 2.61. The molecule has 0 radical (unpaired) electrons. The van der Waals surface area contributed by atoms with E-state index in [1.165, 1.54) is 0 Å². The van der Waals surface area contributed by atoms with Gasteiger partial charge in [-0.3, -0.25) is 4.98 Å². The van der Waals surface area contributed by atoms with Crippen molar-refractivity contribution in [1.82, 2.24) is 4.98 Å². The molecule has 1 atom stereocenters. The van der Waals surface area contributed by atoms with Crippen molar-refractivity contribution >= 4 is 11.3 Å². The van der Waals surface area contributed by atoms with E-state index in [2.05, 4.69) is 4.98 Å². The van der Waals surface area contributed by atoms with Crippen molar-refractivity contribution in [2.75, 3.05) is 0 Å². The van der Waals surface area contributed by atoms with Gasteiger partial charge < -0.3 is 5.73 Å². The summed E-state index contributed by atoms with van der Waals surface area (Å²) in [5.74, 6) is 0. The minimum Gasteiger partial charge on any atom is -0.323 e. The van der Waals surface area contributed by atoms with Crippen molar-refractivity contribution < 1.29 is 0 Å². The van der Waals surface area contributed by atoms with Gasteiger partial charge in [0.25, 0.3) is 0 Å². The van der Waals surface area contributed by atoms with E-state index in [1.54, 1.807) is 23.0 Å². The Morgan fingerprint density at radius 1 is 1.88 bits per heavy atom. The molecular weight excluding hydrogens is 120 g/mol. The minimum atomic E-state index is 0.141. The first-order valence-corrected chi connectivity index (χ1v) is 3.32. The van der Waals surface area contributed by atoms with Crippen molar-refractivity contribution in [3.05, 3.63) is 16.6 Å². The number of rotatable bonds is 1. The molecule has 1 rings (SSSR count). The average molecular weight is 128 g/mol. The summed E-state index contributed by atoms with van der Waals surface area (Å²) in [5.41, 5.74) is 7.32. The van der Waals surface area contributed by atoms with Crippen LogP contribution < -0.4 is 5.73 Å². The van der Waals surface area contributed by atoms with Gasteiger partial charge in [-0.25, -0.2) is 0 Å². The Morgan fingerprint density at radius 2 is 2.62 bits per heavy atom. The lowest BCUT2D eigenvalue weighted by Gasteiger charge is -1.95. The molecule has 0 saturated carbocycles. The maximum Gasteiger partial charge on any atom is 0.0794 e. The van der Waals surface area contributed by atoms with Crippen LogP contribution in [0.1, 0.15) is 17.8 Å². The highest BCUT2D eigenvalue weighted by Gasteiger charge is 1.97. The van der Waals surface area contributed by atoms with E-state index in [1.807, 2.05) is 6.92 Å². The van der Waals surface area contributed by atoms with Crippen LogP contribution in [0.2, 0.25) is 0 Å². The van der Waals surface area contributed by atoms with Crippen LogP contribution in [0.5, 0.6) is 0 Å². The molecule has 2 N–H and O–H groups in total. The molecule has 0 saturated heterocycles. The molecule has 0 aromatic carbocycles. The molecule has 0 spiro atoms. The average Bonchev–Trinajstić information content (AvgIpc) is 2.12. The summed E-state index contributed by atoms with van der Waals surface area (Å²) in [4.78, 5) is 5.03. The van der Waals surface area contributed by atoms with E-state index in [4.69, 9.17) is 5.73 Å². The van der Waals surface area contributed by atoms with Crippen LogP contribution in [0.4, 0.5) is 0 Å². The van der Waals surface area contributed by atoms with Gasteiger partial charge in [0.15, 0.2) is 0 Å². The zero-order chi connectivity index (χ0) is 5.98.